The summed E-state index contributed by atoms with van der Waals surface area (Å²) in [4.78, 5) is 23.6. The number of amides is 2. The van der Waals surface area contributed by atoms with Crippen LogP contribution in [0.4, 0.5) is 0 Å². The van der Waals surface area contributed by atoms with Crippen LogP contribution in [0.2, 0.25) is 0 Å². The summed E-state index contributed by atoms with van der Waals surface area (Å²) < 4.78 is 0. The monoisotopic (exact) mass is 178 g/mol. The highest BCUT2D eigenvalue weighted by atomic mass is 16.2. The largest absolute Gasteiger partial charge is 0.269 e. The van der Waals surface area contributed by atoms with Gasteiger partial charge in [-0.3, -0.25) is 14.5 Å². The van der Waals surface area contributed by atoms with Crippen molar-refractivity contribution in [2.75, 3.05) is 0 Å². The minimum atomic E-state index is -0.631. The molecule has 1 rings (SSSR count). The maximum atomic E-state index is 11.4. The van der Waals surface area contributed by atoms with Crippen molar-refractivity contribution in [1.82, 2.24) is 4.90 Å². The Balaban J connectivity index is 2.92. The van der Waals surface area contributed by atoms with Gasteiger partial charge in [0.25, 0.3) is 11.8 Å². The van der Waals surface area contributed by atoms with Crippen LogP contribution in [0.25, 0.3) is 0 Å². The standard InChI is InChI=1S/C9H10N2O2/c1-3-7(5-10)11-8(12)4-6(2)9(11)13/h4,7H,3H2,1-2H3. The van der Waals surface area contributed by atoms with Gasteiger partial charge in [0.2, 0.25) is 0 Å². The van der Waals surface area contributed by atoms with Crippen molar-refractivity contribution in [2.24, 2.45) is 0 Å². The van der Waals surface area contributed by atoms with E-state index in [1.807, 2.05) is 6.07 Å². The lowest BCUT2D eigenvalue weighted by Gasteiger charge is -2.18. The van der Waals surface area contributed by atoms with Gasteiger partial charge in [-0.1, -0.05) is 6.92 Å². The van der Waals surface area contributed by atoms with Crippen LogP contribution >= 0.6 is 0 Å². The first-order chi connectivity index (χ1) is 6.11. The number of nitrogens with zero attached hydrogens (tertiary/aromatic N) is 2. The molecule has 0 radical (unpaired) electrons. The minimum Gasteiger partial charge on any atom is -0.269 e. The number of rotatable bonds is 2. The van der Waals surface area contributed by atoms with Crippen LogP contribution in [0.15, 0.2) is 11.6 Å². The molecule has 1 atom stereocenters. The summed E-state index contributed by atoms with van der Waals surface area (Å²) in [6.45, 7) is 3.34. The molecule has 68 valence electrons. The highest BCUT2D eigenvalue weighted by molar-refractivity contribution is 6.16. The summed E-state index contributed by atoms with van der Waals surface area (Å²) in [7, 11) is 0. The van der Waals surface area contributed by atoms with Gasteiger partial charge in [0, 0.05) is 11.6 Å². The quantitative estimate of drug-likeness (QED) is 0.582. The van der Waals surface area contributed by atoms with Gasteiger partial charge in [-0.15, -0.1) is 0 Å². The van der Waals surface area contributed by atoms with Crippen LogP contribution in [0.3, 0.4) is 0 Å². The Hall–Kier alpha value is -1.63. The van der Waals surface area contributed by atoms with E-state index in [9.17, 15) is 9.59 Å². The molecular formula is C9H10N2O2. The second kappa shape index (κ2) is 3.40. The predicted octanol–water partition coefficient (Wildman–Crippen LogP) is 0.604. The maximum absolute atomic E-state index is 11.4. The number of hydrogen-bond donors (Lipinski definition) is 0. The van der Waals surface area contributed by atoms with Crippen molar-refractivity contribution >= 4 is 11.8 Å². The molecule has 0 bridgehead atoms. The van der Waals surface area contributed by atoms with Crippen LogP contribution in [0.5, 0.6) is 0 Å². The molecule has 0 aliphatic carbocycles. The smallest absolute Gasteiger partial charge is 0.257 e. The van der Waals surface area contributed by atoms with E-state index in [2.05, 4.69) is 0 Å². The first-order valence-electron chi connectivity index (χ1n) is 4.07. The predicted molar refractivity (Wildman–Crippen MR) is 45.3 cm³/mol. The van der Waals surface area contributed by atoms with Crippen LogP contribution < -0.4 is 0 Å². The number of carbonyl (C=O) groups excluding carboxylic acids is 2. The van der Waals surface area contributed by atoms with E-state index in [1.54, 1.807) is 13.8 Å². The first kappa shape index (κ1) is 9.46. The second-order valence-electron chi connectivity index (χ2n) is 2.89. The Labute approximate surface area is 76.4 Å². The zero-order valence-electron chi connectivity index (χ0n) is 7.57. The Morgan fingerprint density at radius 2 is 2.23 bits per heavy atom. The van der Waals surface area contributed by atoms with E-state index >= 15 is 0 Å². The number of imide groups is 1. The van der Waals surface area contributed by atoms with Crippen LogP contribution in [-0.2, 0) is 9.59 Å². The molecule has 0 aromatic heterocycles. The third-order valence-electron chi connectivity index (χ3n) is 1.98. The molecule has 4 heteroatoms. The number of nitriles is 1. The zero-order chi connectivity index (χ0) is 10.0. The van der Waals surface area contributed by atoms with Crippen molar-refractivity contribution in [3.8, 4) is 6.07 Å². The summed E-state index contributed by atoms with van der Waals surface area (Å²) >= 11 is 0. The molecule has 1 unspecified atom stereocenters. The van der Waals surface area contributed by atoms with Gasteiger partial charge >= 0.3 is 0 Å². The Bertz CT molecular complexity index is 325. The Morgan fingerprint density at radius 1 is 1.62 bits per heavy atom. The summed E-state index contributed by atoms with van der Waals surface area (Å²) in [5.41, 5.74) is 0.402. The van der Waals surface area contributed by atoms with Gasteiger partial charge in [-0.05, 0) is 13.3 Å². The third kappa shape index (κ3) is 1.45. The third-order valence-corrected chi connectivity index (χ3v) is 1.98. The SMILES string of the molecule is CCC(C#N)N1C(=O)C=C(C)C1=O. The van der Waals surface area contributed by atoms with E-state index in [-0.39, 0.29) is 11.8 Å². The topological polar surface area (TPSA) is 61.2 Å². The molecule has 0 N–H and O–H groups in total. The molecule has 4 nitrogen and oxygen atoms in total. The molecule has 0 aromatic carbocycles. The highest BCUT2D eigenvalue weighted by Gasteiger charge is 2.33. The first-order valence-corrected chi connectivity index (χ1v) is 4.07. The van der Waals surface area contributed by atoms with Gasteiger partial charge in [-0.25, -0.2) is 0 Å². The van der Waals surface area contributed by atoms with Gasteiger partial charge in [-0.2, -0.15) is 5.26 Å². The molecule has 0 aromatic rings. The zero-order valence-corrected chi connectivity index (χ0v) is 7.57. The molecule has 1 aliphatic rings. The van der Waals surface area contributed by atoms with Crippen molar-refractivity contribution in [3.63, 3.8) is 0 Å². The van der Waals surface area contributed by atoms with Crippen LogP contribution in [0, 0.1) is 11.3 Å². The molecule has 0 saturated carbocycles. The van der Waals surface area contributed by atoms with E-state index in [0.717, 1.165) is 4.90 Å². The fraction of sp³-hybridized carbons (Fsp3) is 0.444. The normalized spacial score (nSPS) is 18.5. The molecule has 13 heavy (non-hydrogen) atoms. The summed E-state index contributed by atoms with van der Waals surface area (Å²) in [5, 5.41) is 8.69. The molecular weight excluding hydrogens is 168 g/mol. The lowest BCUT2D eigenvalue weighted by molar-refractivity contribution is -0.138. The van der Waals surface area contributed by atoms with E-state index in [1.165, 1.54) is 6.08 Å². The molecule has 0 fully saturated rings. The fourth-order valence-corrected chi connectivity index (χ4v) is 1.23. The average molecular weight is 178 g/mol. The maximum Gasteiger partial charge on any atom is 0.257 e. The van der Waals surface area contributed by atoms with Crippen LogP contribution in [0.1, 0.15) is 20.3 Å². The Morgan fingerprint density at radius 3 is 2.54 bits per heavy atom. The molecule has 0 saturated heterocycles. The Kier molecular flexibility index (Phi) is 2.47. The number of hydrogen-bond acceptors (Lipinski definition) is 3. The average Bonchev–Trinajstić information content (AvgIpc) is 2.34. The minimum absolute atomic E-state index is 0.349. The molecule has 1 aliphatic heterocycles. The molecule has 1 heterocycles. The lowest BCUT2D eigenvalue weighted by atomic mass is 10.2. The second-order valence-corrected chi connectivity index (χ2v) is 2.89. The van der Waals surface area contributed by atoms with E-state index < -0.39 is 6.04 Å². The molecule has 2 amide bonds. The van der Waals surface area contributed by atoms with Crippen molar-refractivity contribution in [3.05, 3.63) is 11.6 Å². The molecule has 0 spiro atoms. The van der Waals surface area contributed by atoms with E-state index in [0.29, 0.717) is 12.0 Å². The van der Waals surface area contributed by atoms with Crippen molar-refractivity contribution in [2.45, 2.75) is 26.3 Å². The van der Waals surface area contributed by atoms with Gasteiger partial charge in [0.05, 0.1) is 6.07 Å². The van der Waals surface area contributed by atoms with Crippen molar-refractivity contribution < 1.29 is 9.59 Å². The van der Waals surface area contributed by atoms with Gasteiger partial charge < -0.3 is 0 Å². The van der Waals surface area contributed by atoms with Crippen LogP contribution in [-0.4, -0.2) is 22.8 Å². The summed E-state index contributed by atoms with van der Waals surface area (Å²) in [6, 6.07) is 1.30. The summed E-state index contributed by atoms with van der Waals surface area (Å²) in [6.07, 6.45) is 1.73. The van der Waals surface area contributed by atoms with Crippen molar-refractivity contribution in [1.29, 1.82) is 5.26 Å². The van der Waals surface area contributed by atoms with E-state index in [4.69, 9.17) is 5.26 Å². The highest BCUT2D eigenvalue weighted by Crippen LogP contribution is 2.16. The lowest BCUT2D eigenvalue weighted by Crippen LogP contribution is -2.39. The summed E-state index contributed by atoms with van der Waals surface area (Å²) in [5.74, 6) is -0.727. The number of carbonyl (C=O) groups is 2. The van der Waals surface area contributed by atoms with Gasteiger partial charge in [0.1, 0.15) is 6.04 Å². The van der Waals surface area contributed by atoms with Gasteiger partial charge in [0.15, 0.2) is 0 Å². The fourth-order valence-electron chi connectivity index (χ4n) is 1.23.